The lowest BCUT2D eigenvalue weighted by Crippen LogP contribution is -2.06. The van der Waals surface area contributed by atoms with Crippen molar-refractivity contribution in [1.29, 1.82) is 0 Å². The van der Waals surface area contributed by atoms with Crippen LogP contribution in [-0.4, -0.2) is 21.2 Å². The van der Waals surface area contributed by atoms with E-state index in [1.807, 2.05) is 0 Å². The zero-order valence-corrected chi connectivity index (χ0v) is 12.4. The molecule has 0 aliphatic carbocycles. The number of carboxylic acid groups (broad SMARTS) is 1. The summed E-state index contributed by atoms with van der Waals surface area (Å²) in [7, 11) is 0. The van der Waals surface area contributed by atoms with Crippen molar-refractivity contribution in [2.75, 3.05) is 10.6 Å². The Bertz CT molecular complexity index is 851. The van der Waals surface area contributed by atoms with E-state index in [1.54, 1.807) is 42.5 Å². The molecule has 3 rings (SSSR count). The molecular weight excluding hydrogens is 311 g/mol. The summed E-state index contributed by atoms with van der Waals surface area (Å²) in [5.41, 5.74) is 2.66. The average molecular weight is 324 g/mol. The number of anilines is 3. The van der Waals surface area contributed by atoms with Crippen LogP contribution in [-0.2, 0) is 0 Å². The molecule has 120 valence electrons. The second-order valence-corrected chi connectivity index (χ2v) is 4.93. The zero-order valence-electron chi connectivity index (χ0n) is 12.4. The topological polar surface area (TPSA) is 87.1 Å². The fourth-order valence-electron chi connectivity index (χ4n) is 2.11. The van der Waals surface area contributed by atoms with Crippen molar-refractivity contribution in [1.82, 2.24) is 9.97 Å². The number of nitrogens with zero attached hydrogens (tertiary/aromatic N) is 2. The Morgan fingerprint density at radius 1 is 0.958 bits per heavy atom. The van der Waals surface area contributed by atoms with Gasteiger partial charge in [0.1, 0.15) is 18.0 Å². The Morgan fingerprint density at radius 3 is 2.29 bits per heavy atom. The summed E-state index contributed by atoms with van der Waals surface area (Å²) in [5, 5.41) is 14.0. The molecule has 0 radical (unpaired) electrons. The summed E-state index contributed by atoms with van der Waals surface area (Å²) in [5.74, 6) is 0.268. The molecule has 1 heterocycles. The van der Waals surface area contributed by atoms with Gasteiger partial charge in [-0.25, -0.2) is 19.2 Å². The molecule has 0 spiro atoms. The molecule has 1 aromatic heterocycles. The molecule has 6 nitrogen and oxygen atoms in total. The quantitative estimate of drug-likeness (QED) is 0.672. The molecule has 7 heteroatoms. The Labute approximate surface area is 137 Å². The number of nitrogens with one attached hydrogen (secondary N) is 2. The lowest BCUT2D eigenvalue weighted by Gasteiger charge is -2.08. The third-order valence-corrected chi connectivity index (χ3v) is 3.22. The number of amides is 1. The van der Waals surface area contributed by atoms with E-state index in [2.05, 4.69) is 20.6 Å². The van der Waals surface area contributed by atoms with Crippen molar-refractivity contribution < 1.29 is 14.3 Å². The number of carbonyl (C=O) groups is 1. The molecule has 3 aromatic rings. The Balaban J connectivity index is 1.77. The van der Waals surface area contributed by atoms with Crippen molar-refractivity contribution in [3.05, 3.63) is 66.7 Å². The molecule has 1 amide bonds. The van der Waals surface area contributed by atoms with Gasteiger partial charge in [0.05, 0.1) is 5.69 Å². The van der Waals surface area contributed by atoms with E-state index >= 15 is 0 Å². The van der Waals surface area contributed by atoms with Crippen LogP contribution in [0.15, 0.2) is 60.9 Å². The van der Waals surface area contributed by atoms with Crippen molar-refractivity contribution >= 4 is 23.3 Å². The van der Waals surface area contributed by atoms with Crippen LogP contribution in [0.3, 0.4) is 0 Å². The number of halogens is 1. The fourth-order valence-corrected chi connectivity index (χ4v) is 2.11. The van der Waals surface area contributed by atoms with E-state index in [0.717, 1.165) is 11.3 Å². The summed E-state index contributed by atoms with van der Waals surface area (Å²) >= 11 is 0. The highest BCUT2D eigenvalue weighted by Crippen LogP contribution is 2.22. The van der Waals surface area contributed by atoms with Gasteiger partial charge in [0.15, 0.2) is 0 Å². The molecule has 24 heavy (non-hydrogen) atoms. The van der Waals surface area contributed by atoms with Gasteiger partial charge in [-0.3, -0.25) is 5.32 Å². The molecule has 2 aromatic carbocycles. The first-order chi connectivity index (χ1) is 11.6. The van der Waals surface area contributed by atoms with Gasteiger partial charge in [-0.05, 0) is 48.5 Å². The van der Waals surface area contributed by atoms with Crippen LogP contribution in [0.5, 0.6) is 0 Å². The number of aromatic nitrogens is 2. The van der Waals surface area contributed by atoms with Crippen LogP contribution in [0.25, 0.3) is 11.3 Å². The number of rotatable bonds is 4. The van der Waals surface area contributed by atoms with Gasteiger partial charge in [-0.1, -0.05) is 0 Å². The van der Waals surface area contributed by atoms with Gasteiger partial charge in [-0.15, -0.1) is 0 Å². The summed E-state index contributed by atoms with van der Waals surface area (Å²) < 4.78 is 13.0. The summed E-state index contributed by atoms with van der Waals surface area (Å²) in [6.07, 6.45) is 0.303. The maximum absolute atomic E-state index is 13.0. The first-order valence-electron chi connectivity index (χ1n) is 7.05. The summed E-state index contributed by atoms with van der Waals surface area (Å²) in [6.45, 7) is 0. The minimum absolute atomic E-state index is 0.304. The molecule has 0 bridgehead atoms. The third kappa shape index (κ3) is 3.83. The van der Waals surface area contributed by atoms with Crippen LogP contribution in [0.2, 0.25) is 0 Å². The molecule has 0 fully saturated rings. The summed E-state index contributed by atoms with van der Waals surface area (Å²) in [6, 6.07) is 14.5. The van der Waals surface area contributed by atoms with Crippen molar-refractivity contribution in [3.63, 3.8) is 0 Å². The normalized spacial score (nSPS) is 10.2. The second kappa shape index (κ2) is 6.74. The van der Waals surface area contributed by atoms with E-state index in [1.165, 1.54) is 18.5 Å². The number of benzene rings is 2. The predicted octanol–water partition coefficient (Wildman–Crippen LogP) is 4.12. The maximum Gasteiger partial charge on any atom is 0.409 e. The van der Waals surface area contributed by atoms with Crippen LogP contribution in [0.4, 0.5) is 26.4 Å². The molecule has 0 aliphatic heterocycles. The highest BCUT2D eigenvalue weighted by Gasteiger charge is 2.04. The van der Waals surface area contributed by atoms with Crippen molar-refractivity contribution in [2.45, 2.75) is 0 Å². The van der Waals surface area contributed by atoms with Crippen molar-refractivity contribution in [2.24, 2.45) is 0 Å². The van der Waals surface area contributed by atoms with E-state index in [9.17, 15) is 9.18 Å². The Morgan fingerprint density at radius 2 is 1.62 bits per heavy atom. The van der Waals surface area contributed by atoms with Crippen LogP contribution < -0.4 is 10.6 Å². The lowest BCUT2D eigenvalue weighted by molar-refractivity contribution is 0.210. The SMILES string of the molecule is O=C(O)Nc1ccc(Nc2cc(-c3ccc(F)cc3)ncn2)cc1. The minimum Gasteiger partial charge on any atom is -0.465 e. The molecule has 0 atom stereocenters. The van der Waals surface area contributed by atoms with Gasteiger partial charge >= 0.3 is 6.09 Å². The molecular formula is C17H13FN4O2. The standard InChI is InChI=1S/C17H13FN4O2/c18-12-3-1-11(2-4-12)15-9-16(20-10-19-15)21-13-5-7-14(8-6-13)22-17(23)24/h1-10,22H,(H,23,24)(H,19,20,21). The van der Waals surface area contributed by atoms with Crippen molar-refractivity contribution in [3.8, 4) is 11.3 Å². The predicted molar refractivity (Wildman–Crippen MR) is 88.8 cm³/mol. The van der Waals surface area contributed by atoms with Gasteiger partial charge in [0.25, 0.3) is 0 Å². The van der Waals surface area contributed by atoms with E-state index < -0.39 is 6.09 Å². The molecule has 0 saturated carbocycles. The molecule has 0 aliphatic rings. The van der Waals surface area contributed by atoms with Crippen LogP contribution in [0, 0.1) is 5.82 Å². The third-order valence-electron chi connectivity index (χ3n) is 3.22. The van der Waals surface area contributed by atoms with Crippen LogP contribution in [0.1, 0.15) is 0 Å². The smallest absolute Gasteiger partial charge is 0.409 e. The first kappa shape index (κ1) is 15.4. The zero-order chi connectivity index (χ0) is 16.9. The summed E-state index contributed by atoms with van der Waals surface area (Å²) in [4.78, 5) is 18.9. The second-order valence-electron chi connectivity index (χ2n) is 4.93. The largest absolute Gasteiger partial charge is 0.465 e. The van der Waals surface area contributed by atoms with E-state index in [4.69, 9.17) is 5.11 Å². The van der Waals surface area contributed by atoms with E-state index in [-0.39, 0.29) is 5.82 Å². The maximum atomic E-state index is 13.0. The van der Waals surface area contributed by atoms with Gasteiger partial charge in [-0.2, -0.15) is 0 Å². The fraction of sp³-hybridized carbons (Fsp3) is 0. The number of hydrogen-bond acceptors (Lipinski definition) is 4. The molecule has 0 unspecified atom stereocenters. The Hall–Kier alpha value is -3.48. The highest BCUT2D eigenvalue weighted by molar-refractivity contribution is 5.83. The highest BCUT2D eigenvalue weighted by atomic mass is 19.1. The monoisotopic (exact) mass is 324 g/mol. The molecule has 3 N–H and O–H groups in total. The lowest BCUT2D eigenvalue weighted by atomic mass is 10.1. The number of hydrogen-bond donors (Lipinski definition) is 3. The average Bonchev–Trinajstić information content (AvgIpc) is 2.57. The minimum atomic E-state index is -1.12. The van der Waals surface area contributed by atoms with Gasteiger partial charge < -0.3 is 10.4 Å². The Kier molecular flexibility index (Phi) is 4.33. The van der Waals surface area contributed by atoms with Gasteiger partial charge in [0, 0.05) is 23.0 Å². The van der Waals surface area contributed by atoms with Crippen LogP contribution >= 0.6 is 0 Å². The van der Waals surface area contributed by atoms with E-state index in [0.29, 0.717) is 17.2 Å². The van der Waals surface area contributed by atoms with Gasteiger partial charge in [0.2, 0.25) is 0 Å². The molecule has 0 saturated heterocycles. The first-order valence-corrected chi connectivity index (χ1v) is 7.05.